The van der Waals surface area contributed by atoms with Crippen LogP contribution in [-0.4, -0.2) is 34.9 Å². The van der Waals surface area contributed by atoms with E-state index in [2.05, 4.69) is 4.72 Å². The highest BCUT2D eigenvalue weighted by Gasteiger charge is 2.28. The van der Waals surface area contributed by atoms with E-state index in [9.17, 15) is 16.8 Å². The lowest BCUT2D eigenvalue weighted by molar-refractivity contribution is 0.543. The van der Waals surface area contributed by atoms with Gasteiger partial charge in [-0.3, -0.25) is 0 Å². The Morgan fingerprint density at radius 1 is 1.26 bits per heavy atom. The first-order valence-corrected chi connectivity index (χ1v) is 9.42. The highest BCUT2D eigenvalue weighted by molar-refractivity contribution is 7.91. The number of hydrogen-bond donors (Lipinski definition) is 1. The van der Waals surface area contributed by atoms with E-state index in [1.165, 1.54) is 24.3 Å². The molecule has 19 heavy (non-hydrogen) atoms. The monoisotopic (exact) mass is 323 g/mol. The van der Waals surface area contributed by atoms with Crippen molar-refractivity contribution < 1.29 is 16.8 Å². The number of benzene rings is 1. The number of halogens is 1. The normalized spacial score (nSPS) is 22.5. The largest absolute Gasteiger partial charge is 0.240 e. The Labute approximate surface area is 117 Å². The zero-order valence-electron chi connectivity index (χ0n) is 10.0. The minimum absolute atomic E-state index is 0.0517. The van der Waals surface area contributed by atoms with Gasteiger partial charge in [-0.1, -0.05) is 11.6 Å². The van der Waals surface area contributed by atoms with Crippen molar-refractivity contribution in [1.29, 1.82) is 0 Å². The van der Waals surface area contributed by atoms with Crippen LogP contribution < -0.4 is 4.72 Å². The van der Waals surface area contributed by atoms with Crippen LogP contribution in [0.15, 0.2) is 29.2 Å². The zero-order valence-corrected chi connectivity index (χ0v) is 12.4. The van der Waals surface area contributed by atoms with Crippen molar-refractivity contribution in [1.82, 2.24) is 4.72 Å². The van der Waals surface area contributed by atoms with Crippen molar-refractivity contribution in [3.05, 3.63) is 29.3 Å². The molecule has 0 radical (unpaired) electrons. The SMILES string of the molecule is O=S1(=O)CC[C@@H](CNS(=O)(=O)c2ccc(Cl)cc2)C1. The van der Waals surface area contributed by atoms with Crippen LogP contribution in [0.1, 0.15) is 6.42 Å². The van der Waals surface area contributed by atoms with Crippen molar-refractivity contribution in [3.63, 3.8) is 0 Å². The molecule has 0 amide bonds. The summed E-state index contributed by atoms with van der Waals surface area (Å²) in [6, 6.07) is 5.82. The molecular formula is C11H14ClNO4S2. The average molecular weight is 324 g/mol. The van der Waals surface area contributed by atoms with E-state index in [1.807, 2.05) is 0 Å². The summed E-state index contributed by atoms with van der Waals surface area (Å²) in [5.41, 5.74) is 0. The van der Waals surface area contributed by atoms with E-state index in [0.717, 1.165) is 0 Å². The quantitative estimate of drug-likeness (QED) is 0.898. The van der Waals surface area contributed by atoms with Crippen LogP contribution in [0.2, 0.25) is 5.02 Å². The molecule has 1 aromatic carbocycles. The standard InChI is InChI=1S/C11H14ClNO4S2/c12-10-1-3-11(4-2-10)19(16,17)13-7-9-5-6-18(14,15)8-9/h1-4,9,13H,5-8H2/t9-/m0/s1. The summed E-state index contributed by atoms with van der Waals surface area (Å²) in [6.45, 7) is 0.143. The van der Waals surface area contributed by atoms with Gasteiger partial charge in [-0.25, -0.2) is 21.6 Å². The first-order valence-electron chi connectivity index (χ1n) is 5.74. The molecule has 1 aromatic rings. The van der Waals surface area contributed by atoms with Gasteiger partial charge >= 0.3 is 0 Å². The molecular weight excluding hydrogens is 310 g/mol. The Kier molecular flexibility index (Phi) is 4.20. The van der Waals surface area contributed by atoms with Crippen LogP contribution >= 0.6 is 11.6 Å². The second-order valence-corrected chi connectivity index (χ2v) is 9.01. The number of nitrogens with one attached hydrogen (secondary N) is 1. The first kappa shape index (κ1) is 14.8. The second kappa shape index (κ2) is 5.40. The van der Waals surface area contributed by atoms with Gasteiger partial charge in [-0.2, -0.15) is 0 Å². The van der Waals surface area contributed by atoms with Crippen LogP contribution in [-0.2, 0) is 19.9 Å². The molecule has 1 saturated heterocycles. The Morgan fingerprint density at radius 3 is 2.42 bits per heavy atom. The Hall–Kier alpha value is -0.630. The lowest BCUT2D eigenvalue weighted by Crippen LogP contribution is -2.29. The van der Waals surface area contributed by atoms with Crippen LogP contribution in [0, 0.1) is 5.92 Å². The maximum Gasteiger partial charge on any atom is 0.240 e. The van der Waals surface area contributed by atoms with Gasteiger partial charge in [0.25, 0.3) is 0 Å². The van der Waals surface area contributed by atoms with Crippen molar-refractivity contribution in [3.8, 4) is 0 Å². The Morgan fingerprint density at radius 2 is 1.89 bits per heavy atom. The first-order chi connectivity index (χ1) is 8.78. The van der Waals surface area contributed by atoms with E-state index in [0.29, 0.717) is 11.4 Å². The molecule has 1 aliphatic rings. The molecule has 1 atom stereocenters. The predicted octanol–water partition coefficient (Wildman–Crippen LogP) is 1.05. The van der Waals surface area contributed by atoms with Gasteiger partial charge in [-0.05, 0) is 36.6 Å². The van der Waals surface area contributed by atoms with Crippen molar-refractivity contribution >= 4 is 31.5 Å². The van der Waals surface area contributed by atoms with Crippen molar-refractivity contribution in [2.24, 2.45) is 5.92 Å². The predicted molar refractivity (Wildman–Crippen MR) is 73.4 cm³/mol. The summed E-state index contributed by atoms with van der Waals surface area (Å²) in [4.78, 5) is 0.123. The third-order valence-electron chi connectivity index (χ3n) is 3.01. The topological polar surface area (TPSA) is 80.3 Å². The van der Waals surface area contributed by atoms with Crippen molar-refractivity contribution in [2.45, 2.75) is 11.3 Å². The van der Waals surface area contributed by atoms with Gasteiger partial charge in [-0.15, -0.1) is 0 Å². The molecule has 5 nitrogen and oxygen atoms in total. The molecule has 0 unspecified atom stereocenters. The fourth-order valence-electron chi connectivity index (χ4n) is 1.96. The van der Waals surface area contributed by atoms with E-state index in [4.69, 9.17) is 11.6 Å². The van der Waals surface area contributed by atoms with Gasteiger partial charge in [0, 0.05) is 11.6 Å². The van der Waals surface area contributed by atoms with Crippen LogP contribution in [0.3, 0.4) is 0 Å². The summed E-state index contributed by atoms with van der Waals surface area (Å²) < 4.78 is 48.9. The molecule has 106 valence electrons. The van der Waals surface area contributed by atoms with Gasteiger partial charge < -0.3 is 0 Å². The molecule has 0 aliphatic carbocycles. The molecule has 0 bridgehead atoms. The van der Waals surface area contributed by atoms with Crippen LogP contribution in [0.5, 0.6) is 0 Å². The zero-order chi connectivity index (χ0) is 14.1. The van der Waals surface area contributed by atoms with Crippen LogP contribution in [0.25, 0.3) is 0 Å². The maximum absolute atomic E-state index is 12.0. The minimum atomic E-state index is -3.61. The van der Waals surface area contributed by atoms with Crippen molar-refractivity contribution in [2.75, 3.05) is 18.1 Å². The fraction of sp³-hybridized carbons (Fsp3) is 0.455. The minimum Gasteiger partial charge on any atom is -0.229 e. The van der Waals surface area contributed by atoms with Gasteiger partial charge in [0.2, 0.25) is 10.0 Å². The third kappa shape index (κ3) is 3.92. The van der Waals surface area contributed by atoms with E-state index in [-0.39, 0.29) is 28.9 Å². The molecule has 0 spiro atoms. The fourth-order valence-corrected chi connectivity index (χ4v) is 5.06. The molecule has 2 rings (SSSR count). The lowest BCUT2D eigenvalue weighted by Gasteiger charge is -2.10. The molecule has 1 heterocycles. The number of sulfone groups is 1. The molecule has 0 saturated carbocycles. The number of sulfonamides is 1. The highest BCUT2D eigenvalue weighted by atomic mass is 35.5. The third-order valence-corrected chi connectivity index (χ3v) is 6.54. The number of rotatable bonds is 4. The molecule has 1 N–H and O–H groups in total. The van der Waals surface area contributed by atoms with E-state index in [1.54, 1.807) is 0 Å². The van der Waals surface area contributed by atoms with Gasteiger partial charge in [0.05, 0.1) is 16.4 Å². The summed E-state index contributed by atoms with van der Waals surface area (Å²) in [5.74, 6) is 0.0447. The molecule has 1 fully saturated rings. The summed E-state index contributed by atoms with van der Waals surface area (Å²) in [5, 5.41) is 0.459. The van der Waals surface area contributed by atoms with E-state index < -0.39 is 19.9 Å². The highest BCUT2D eigenvalue weighted by Crippen LogP contribution is 2.19. The molecule has 1 aliphatic heterocycles. The Balaban J connectivity index is 2.01. The smallest absolute Gasteiger partial charge is 0.229 e. The van der Waals surface area contributed by atoms with Gasteiger partial charge in [0.15, 0.2) is 9.84 Å². The summed E-state index contributed by atoms with van der Waals surface area (Å²) in [7, 11) is -6.59. The van der Waals surface area contributed by atoms with Crippen LogP contribution in [0.4, 0.5) is 0 Å². The second-order valence-electron chi connectivity index (χ2n) is 4.57. The average Bonchev–Trinajstić information content (AvgIpc) is 2.67. The summed E-state index contributed by atoms with van der Waals surface area (Å²) in [6.07, 6.45) is 0.505. The van der Waals surface area contributed by atoms with E-state index >= 15 is 0 Å². The Bertz CT molecular complexity index is 652. The lowest BCUT2D eigenvalue weighted by atomic mass is 10.1. The molecule has 0 aromatic heterocycles. The molecule has 8 heteroatoms. The number of hydrogen-bond acceptors (Lipinski definition) is 4. The summed E-state index contributed by atoms with van der Waals surface area (Å²) >= 11 is 5.69. The van der Waals surface area contributed by atoms with Gasteiger partial charge in [0.1, 0.15) is 0 Å². The maximum atomic E-state index is 12.0.